The Morgan fingerprint density at radius 2 is 1.81 bits per heavy atom. The molecule has 0 radical (unpaired) electrons. The van der Waals surface area contributed by atoms with Crippen molar-refractivity contribution in [2.24, 2.45) is 0 Å². The summed E-state index contributed by atoms with van der Waals surface area (Å²) in [4.78, 5) is 5.46. The highest BCUT2D eigenvalue weighted by atomic mass is 19.1. The van der Waals surface area contributed by atoms with Gasteiger partial charge in [0.1, 0.15) is 5.82 Å². The molecule has 1 aromatic carbocycles. The van der Waals surface area contributed by atoms with Crippen LogP contribution in [0, 0.1) is 5.82 Å². The van der Waals surface area contributed by atoms with E-state index in [0.29, 0.717) is 0 Å². The van der Waals surface area contributed by atoms with Crippen molar-refractivity contribution >= 4 is 0 Å². The van der Waals surface area contributed by atoms with E-state index in [4.69, 9.17) is 4.84 Å². The topological polar surface area (TPSA) is 21.3 Å². The van der Waals surface area contributed by atoms with Crippen LogP contribution < -0.4 is 5.48 Å². The summed E-state index contributed by atoms with van der Waals surface area (Å²) in [5, 5.41) is 0. The first kappa shape index (κ1) is 13.1. The van der Waals surface area contributed by atoms with Crippen molar-refractivity contribution < 1.29 is 9.23 Å². The number of halogens is 1. The van der Waals surface area contributed by atoms with Crippen molar-refractivity contribution in [2.45, 2.75) is 45.8 Å². The van der Waals surface area contributed by atoms with E-state index >= 15 is 0 Å². The van der Waals surface area contributed by atoms with E-state index < -0.39 is 0 Å². The number of hydrogen-bond acceptors (Lipinski definition) is 2. The summed E-state index contributed by atoms with van der Waals surface area (Å²) in [6, 6.07) is 6.75. The molecule has 0 spiro atoms. The maximum atomic E-state index is 12.7. The number of nitrogens with one attached hydrogen (secondary N) is 1. The van der Waals surface area contributed by atoms with Crippen molar-refractivity contribution in [1.29, 1.82) is 0 Å². The minimum Gasteiger partial charge on any atom is -0.296 e. The quantitative estimate of drug-likeness (QED) is 0.795. The van der Waals surface area contributed by atoms with Crippen molar-refractivity contribution in [1.82, 2.24) is 5.48 Å². The third-order valence-corrected chi connectivity index (χ3v) is 2.02. The van der Waals surface area contributed by atoms with Crippen LogP contribution in [0.3, 0.4) is 0 Å². The van der Waals surface area contributed by atoms with Crippen LogP contribution in [-0.2, 0) is 11.3 Å². The third-order valence-electron chi connectivity index (χ3n) is 2.02. The van der Waals surface area contributed by atoms with Gasteiger partial charge < -0.3 is 0 Å². The van der Waals surface area contributed by atoms with Gasteiger partial charge in [-0.05, 0) is 51.8 Å². The molecule has 1 rings (SSSR count). The highest BCUT2D eigenvalue weighted by molar-refractivity contribution is 5.16. The first-order chi connectivity index (χ1) is 7.37. The Balaban J connectivity index is 2.39. The Bertz CT molecular complexity index is 316. The number of rotatable bonds is 4. The Morgan fingerprint density at radius 3 is 2.31 bits per heavy atom. The molecule has 0 aliphatic carbocycles. The van der Waals surface area contributed by atoms with E-state index in [9.17, 15) is 4.39 Å². The largest absolute Gasteiger partial charge is 0.296 e. The molecule has 1 atom stereocenters. The first-order valence-electron chi connectivity index (χ1n) is 5.55. The number of hydrogen-bond donors (Lipinski definition) is 1. The Hall–Kier alpha value is -0.930. The standard InChI is InChI=1S/C13H20FNO/c1-10(15-16-13(2,3)4)9-11-5-7-12(14)8-6-11/h5-8,10,15H,9H2,1-4H3. The molecule has 0 amide bonds. The van der Waals surface area contributed by atoms with Crippen molar-refractivity contribution in [3.05, 3.63) is 35.6 Å². The highest BCUT2D eigenvalue weighted by Crippen LogP contribution is 2.08. The van der Waals surface area contributed by atoms with Crippen LogP contribution in [0.1, 0.15) is 33.3 Å². The summed E-state index contributed by atoms with van der Waals surface area (Å²) >= 11 is 0. The smallest absolute Gasteiger partial charge is 0.123 e. The Labute approximate surface area is 96.8 Å². The summed E-state index contributed by atoms with van der Waals surface area (Å²) in [7, 11) is 0. The van der Waals surface area contributed by atoms with E-state index in [0.717, 1.165) is 12.0 Å². The minimum absolute atomic E-state index is 0.197. The molecule has 16 heavy (non-hydrogen) atoms. The van der Waals surface area contributed by atoms with Crippen LogP contribution in [0.25, 0.3) is 0 Å². The highest BCUT2D eigenvalue weighted by Gasteiger charge is 2.12. The van der Waals surface area contributed by atoms with E-state index in [2.05, 4.69) is 5.48 Å². The van der Waals surface area contributed by atoms with Crippen LogP contribution in [0.5, 0.6) is 0 Å². The lowest BCUT2D eigenvalue weighted by Crippen LogP contribution is -2.36. The molecule has 0 saturated heterocycles. The number of benzene rings is 1. The van der Waals surface area contributed by atoms with Gasteiger partial charge in [-0.2, -0.15) is 5.48 Å². The predicted octanol–water partition coefficient (Wildman–Crippen LogP) is 3.08. The lowest BCUT2D eigenvalue weighted by Gasteiger charge is -2.23. The fraction of sp³-hybridized carbons (Fsp3) is 0.538. The molecule has 0 saturated carbocycles. The Kier molecular flexibility index (Phi) is 4.44. The monoisotopic (exact) mass is 225 g/mol. The third kappa shape index (κ3) is 5.24. The molecule has 0 aliphatic heterocycles. The maximum absolute atomic E-state index is 12.7. The maximum Gasteiger partial charge on any atom is 0.123 e. The summed E-state index contributed by atoms with van der Waals surface area (Å²) in [6.07, 6.45) is 0.816. The summed E-state index contributed by atoms with van der Waals surface area (Å²) in [6.45, 7) is 8.01. The lowest BCUT2D eigenvalue weighted by molar-refractivity contribution is -0.0857. The second-order valence-electron chi connectivity index (χ2n) is 5.06. The van der Waals surface area contributed by atoms with Crippen molar-refractivity contribution in [2.75, 3.05) is 0 Å². The molecular weight excluding hydrogens is 205 g/mol. The molecule has 90 valence electrons. The van der Waals surface area contributed by atoms with Crippen LogP contribution >= 0.6 is 0 Å². The van der Waals surface area contributed by atoms with Gasteiger partial charge in [0.2, 0.25) is 0 Å². The molecule has 0 bridgehead atoms. The van der Waals surface area contributed by atoms with Gasteiger partial charge in [-0.15, -0.1) is 0 Å². The van der Waals surface area contributed by atoms with Crippen LogP contribution in [0.2, 0.25) is 0 Å². The predicted molar refractivity (Wildman–Crippen MR) is 63.5 cm³/mol. The fourth-order valence-corrected chi connectivity index (χ4v) is 1.29. The first-order valence-corrected chi connectivity index (χ1v) is 5.55. The van der Waals surface area contributed by atoms with Gasteiger partial charge in [-0.1, -0.05) is 12.1 Å². The molecule has 0 fully saturated rings. The fourth-order valence-electron chi connectivity index (χ4n) is 1.29. The second-order valence-corrected chi connectivity index (χ2v) is 5.06. The van der Waals surface area contributed by atoms with Gasteiger partial charge >= 0.3 is 0 Å². The molecule has 1 unspecified atom stereocenters. The zero-order valence-electron chi connectivity index (χ0n) is 10.4. The van der Waals surface area contributed by atoms with Crippen LogP contribution in [-0.4, -0.2) is 11.6 Å². The number of hydroxylamine groups is 1. The normalized spacial score (nSPS) is 13.8. The van der Waals surface area contributed by atoms with E-state index in [1.807, 2.05) is 27.7 Å². The molecular formula is C13H20FNO. The molecule has 1 N–H and O–H groups in total. The second kappa shape index (κ2) is 5.41. The zero-order chi connectivity index (χ0) is 12.2. The van der Waals surface area contributed by atoms with E-state index in [-0.39, 0.29) is 17.5 Å². The van der Waals surface area contributed by atoms with E-state index in [1.54, 1.807) is 12.1 Å². The van der Waals surface area contributed by atoms with Crippen molar-refractivity contribution in [3.63, 3.8) is 0 Å². The van der Waals surface area contributed by atoms with Gasteiger partial charge in [-0.3, -0.25) is 4.84 Å². The SMILES string of the molecule is CC(Cc1ccc(F)cc1)NOC(C)(C)C. The van der Waals surface area contributed by atoms with Gasteiger partial charge in [0.25, 0.3) is 0 Å². The lowest BCUT2D eigenvalue weighted by atomic mass is 10.1. The minimum atomic E-state index is -0.199. The molecule has 0 aliphatic rings. The average molecular weight is 225 g/mol. The average Bonchev–Trinajstić information content (AvgIpc) is 2.18. The van der Waals surface area contributed by atoms with Gasteiger partial charge in [0.05, 0.1) is 5.60 Å². The molecule has 3 heteroatoms. The van der Waals surface area contributed by atoms with Gasteiger partial charge in [0.15, 0.2) is 0 Å². The van der Waals surface area contributed by atoms with Gasteiger partial charge in [0, 0.05) is 6.04 Å². The van der Waals surface area contributed by atoms with E-state index in [1.165, 1.54) is 12.1 Å². The Morgan fingerprint density at radius 1 is 1.25 bits per heavy atom. The molecule has 2 nitrogen and oxygen atoms in total. The molecule has 1 aromatic rings. The van der Waals surface area contributed by atoms with Crippen molar-refractivity contribution in [3.8, 4) is 0 Å². The van der Waals surface area contributed by atoms with Crippen LogP contribution in [0.4, 0.5) is 4.39 Å². The zero-order valence-corrected chi connectivity index (χ0v) is 10.4. The van der Waals surface area contributed by atoms with Crippen LogP contribution in [0.15, 0.2) is 24.3 Å². The molecule has 0 heterocycles. The summed E-state index contributed by atoms with van der Waals surface area (Å²) in [5.74, 6) is -0.199. The summed E-state index contributed by atoms with van der Waals surface area (Å²) in [5.41, 5.74) is 3.89. The van der Waals surface area contributed by atoms with Gasteiger partial charge in [-0.25, -0.2) is 4.39 Å². The summed E-state index contributed by atoms with van der Waals surface area (Å²) < 4.78 is 12.7. The molecule has 0 aromatic heterocycles.